The number of rotatable bonds is 9. The van der Waals surface area contributed by atoms with Crippen LogP contribution in [-0.2, 0) is 19.6 Å². The Morgan fingerprint density at radius 2 is 1.67 bits per heavy atom. The molecule has 1 fully saturated rings. The van der Waals surface area contributed by atoms with Gasteiger partial charge in [-0.1, -0.05) is 48.0 Å². The van der Waals surface area contributed by atoms with Gasteiger partial charge in [0, 0.05) is 13.2 Å². The van der Waals surface area contributed by atoms with Crippen LogP contribution in [0.5, 0.6) is 0 Å². The summed E-state index contributed by atoms with van der Waals surface area (Å²) < 4.78 is 33.5. The van der Waals surface area contributed by atoms with Gasteiger partial charge in [-0.05, 0) is 56.2 Å². The number of carbonyl (C=O) groups excluding carboxylic acids is 2. The van der Waals surface area contributed by atoms with Crippen molar-refractivity contribution in [3.63, 3.8) is 0 Å². The van der Waals surface area contributed by atoms with E-state index in [9.17, 15) is 18.0 Å². The molecule has 3 aromatic carbocycles. The minimum atomic E-state index is -4.02. The Bertz CT molecular complexity index is 1300. The Balaban J connectivity index is 1.54. The third kappa shape index (κ3) is 6.10. The largest absolute Gasteiger partial charge is 0.376 e. The van der Waals surface area contributed by atoms with E-state index in [4.69, 9.17) is 4.74 Å². The molecule has 36 heavy (non-hydrogen) atoms. The molecule has 2 N–H and O–H groups in total. The van der Waals surface area contributed by atoms with Gasteiger partial charge in [-0.15, -0.1) is 0 Å². The van der Waals surface area contributed by atoms with Crippen molar-refractivity contribution in [1.29, 1.82) is 0 Å². The van der Waals surface area contributed by atoms with Gasteiger partial charge < -0.3 is 15.4 Å². The van der Waals surface area contributed by atoms with E-state index in [-0.39, 0.29) is 22.5 Å². The first-order chi connectivity index (χ1) is 17.3. The number of ether oxygens (including phenoxy) is 1. The quantitative estimate of drug-likeness (QED) is 0.459. The van der Waals surface area contributed by atoms with Crippen LogP contribution in [0.4, 0.5) is 11.4 Å². The zero-order chi connectivity index (χ0) is 25.5. The number of nitrogens with one attached hydrogen (secondary N) is 2. The molecule has 0 aliphatic carbocycles. The zero-order valence-electron chi connectivity index (χ0n) is 20.0. The highest BCUT2D eigenvalue weighted by molar-refractivity contribution is 7.92. The Kier molecular flexibility index (Phi) is 8.02. The Hall–Kier alpha value is -3.69. The fraction of sp³-hybridized carbons (Fsp3) is 0.259. The fourth-order valence-electron chi connectivity index (χ4n) is 3.96. The van der Waals surface area contributed by atoms with E-state index in [1.165, 1.54) is 12.1 Å². The van der Waals surface area contributed by atoms with Gasteiger partial charge in [0.15, 0.2) is 0 Å². The molecule has 0 bridgehead atoms. The summed E-state index contributed by atoms with van der Waals surface area (Å²) in [5.74, 6) is -0.914. The molecule has 4 rings (SSSR count). The van der Waals surface area contributed by atoms with Crippen molar-refractivity contribution < 1.29 is 22.7 Å². The predicted molar refractivity (Wildman–Crippen MR) is 139 cm³/mol. The first-order valence-electron chi connectivity index (χ1n) is 11.8. The van der Waals surface area contributed by atoms with Gasteiger partial charge in [-0.25, -0.2) is 8.42 Å². The second-order valence-corrected chi connectivity index (χ2v) is 10.5. The summed E-state index contributed by atoms with van der Waals surface area (Å²) in [6.45, 7) is 2.51. The van der Waals surface area contributed by atoms with E-state index in [1.54, 1.807) is 66.7 Å². The van der Waals surface area contributed by atoms with E-state index in [0.717, 1.165) is 22.7 Å². The molecule has 0 saturated carbocycles. The molecule has 1 atom stereocenters. The summed E-state index contributed by atoms with van der Waals surface area (Å²) in [7, 11) is -4.02. The molecular formula is C27H29N3O5S. The first kappa shape index (κ1) is 25.4. The molecular weight excluding hydrogens is 478 g/mol. The van der Waals surface area contributed by atoms with E-state index < -0.39 is 22.5 Å². The smallest absolute Gasteiger partial charge is 0.264 e. The lowest BCUT2D eigenvalue weighted by Gasteiger charge is -2.24. The molecule has 3 aromatic rings. The molecule has 2 amide bonds. The third-order valence-corrected chi connectivity index (χ3v) is 7.69. The number of benzene rings is 3. The van der Waals surface area contributed by atoms with Crippen LogP contribution in [0.3, 0.4) is 0 Å². The summed E-state index contributed by atoms with van der Waals surface area (Å²) in [4.78, 5) is 26.0. The van der Waals surface area contributed by atoms with Crippen LogP contribution < -0.4 is 14.9 Å². The maximum absolute atomic E-state index is 13.5. The van der Waals surface area contributed by atoms with Crippen molar-refractivity contribution in [3.05, 3.63) is 90.0 Å². The number of hydrogen-bond donors (Lipinski definition) is 2. The molecule has 1 heterocycles. The highest BCUT2D eigenvalue weighted by Gasteiger charge is 2.27. The molecule has 1 aliphatic rings. The predicted octanol–water partition coefficient (Wildman–Crippen LogP) is 3.74. The molecule has 0 spiro atoms. The van der Waals surface area contributed by atoms with Gasteiger partial charge in [-0.3, -0.25) is 13.9 Å². The highest BCUT2D eigenvalue weighted by Crippen LogP contribution is 2.24. The van der Waals surface area contributed by atoms with Crippen molar-refractivity contribution in [2.45, 2.75) is 30.8 Å². The second-order valence-electron chi connectivity index (χ2n) is 8.60. The number of amides is 2. The number of anilines is 2. The Labute approximate surface area is 211 Å². The minimum absolute atomic E-state index is 0.0121. The Morgan fingerprint density at radius 1 is 0.972 bits per heavy atom. The van der Waals surface area contributed by atoms with Crippen molar-refractivity contribution in [2.75, 3.05) is 29.3 Å². The molecule has 0 unspecified atom stereocenters. The lowest BCUT2D eigenvalue weighted by molar-refractivity contribution is -0.114. The van der Waals surface area contributed by atoms with Crippen molar-refractivity contribution in [1.82, 2.24) is 5.32 Å². The maximum atomic E-state index is 13.5. The summed E-state index contributed by atoms with van der Waals surface area (Å²) in [6.07, 6.45) is 1.85. The van der Waals surface area contributed by atoms with Crippen LogP contribution in [0.1, 0.15) is 28.8 Å². The van der Waals surface area contributed by atoms with Crippen LogP contribution in [0, 0.1) is 6.92 Å². The van der Waals surface area contributed by atoms with Crippen LogP contribution in [0.25, 0.3) is 0 Å². The van der Waals surface area contributed by atoms with E-state index in [0.29, 0.717) is 24.5 Å². The second kappa shape index (κ2) is 11.4. The summed E-state index contributed by atoms with van der Waals surface area (Å²) in [5.41, 5.74) is 1.91. The Morgan fingerprint density at radius 3 is 2.36 bits per heavy atom. The lowest BCUT2D eigenvalue weighted by Crippen LogP contribution is -2.38. The number of sulfonamides is 1. The third-order valence-electron chi connectivity index (χ3n) is 5.90. The summed E-state index contributed by atoms with van der Waals surface area (Å²) in [5, 5.41) is 5.57. The summed E-state index contributed by atoms with van der Waals surface area (Å²) >= 11 is 0. The summed E-state index contributed by atoms with van der Waals surface area (Å²) in [6, 6.07) is 21.5. The SMILES string of the molecule is Cc1ccc(N(CC(=O)Nc2ccccc2C(=O)NC[C@@H]2CCCO2)S(=O)(=O)c2ccccc2)cc1. The van der Waals surface area contributed by atoms with Crippen molar-refractivity contribution in [2.24, 2.45) is 0 Å². The van der Waals surface area contributed by atoms with Crippen molar-refractivity contribution >= 4 is 33.2 Å². The van der Waals surface area contributed by atoms with Crippen LogP contribution in [0.2, 0.25) is 0 Å². The lowest BCUT2D eigenvalue weighted by atomic mass is 10.1. The number of carbonyl (C=O) groups is 2. The monoisotopic (exact) mass is 507 g/mol. The fourth-order valence-corrected chi connectivity index (χ4v) is 5.41. The number of para-hydroxylation sites is 1. The minimum Gasteiger partial charge on any atom is -0.376 e. The topological polar surface area (TPSA) is 105 Å². The average Bonchev–Trinajstić information content (AvgIpc) is 3.41. The van der Waals surface area contributed by atoms with Gasteiger partial charge in [0.2, 0.25) is 5.91 Å². The van der Waals surface area contributed by atoms with Gasteiger partial charge in [-0.2, -0.15) is 0 Å². The molecule has 0 aromatic heterocycles. The zero-order valence-corrected chi connectivity index (χ0v) is 20.8. The van der Waals surface area contributed by atoms with Gasteiger partial charge in [0.1, 0.15) is 6.54 Å². The van der Waals surface area contributed by atoms with E-state index >= 15 is 0 Å². The normalized spacial score (nSPS) is 15.3. The average molecular weight is 508 g/mol. The van der Waals surface area contributed by atoms with Gasteiger partial charge in [0.05, 0.1) is 27.9 Å². The van der Waals surface area contributed by atoms with Crippen LogP contribution >= 0.6 is 0 Å². The van der Waals surface area contributed by atoms with E-state index in [2.05, 4.69) is 10.6 Å². The van der Waals surface area contributed by atoms with E-state index in [1.807, 2.05) is 6.92 Å². The van der Waals surface area contributed by atoms with Crippen LogP contribution in [0.15, 0.2) is 83.8 Å². The highest BCUT2D eigenvalue weighted by atomic mass is 32.2. The molecule has 1 aliphatic heterocycles. The first-order valence-corrected chi connectivity index (χ1v) is 13.2. The number of nitrogens with zero attached hydrogens (tertiary/aromatic N) is 1. The van der Waals surface area contributed by atoms with Gasteiger partial charge in [0.25, 0.3) is 15.9 Å². The molecule has 9 heteroatoms. The number of hydrogen-bond acceptors (Lipinski definition) is 5. The molecule has 188 valence electrons. The standard InChI is InChI=1S/C27H29N3O5S/c1-20-13-15-21(16-14-20)30(36(33,34)23-9-3-2-4-10-23)19-26(31)29-25-12-6-5-11-24(25)27(32)28-18-22-8-7-17-35-22/h2-6,9-16,22H,7-8,17-19H2,1H3,(H,28,32)(H,29,31)/t22-/m0/s1. The number of aryl methyl sites for hydroxylation is 1. The van der Waals surface area contributed by atoms with Crippen molar-refractivity contribution in [3.8, 4) is 0 Å². The molecule has 0 radical (unpaired) electrons. The maximum Gasteiger partial charge on any atom is 0.264 e. The van der Waals surface area contributed by atoms with Crippen LogP contribution in [-0.4, -0.2) is 46.0 Å². The molecule has 8 nitrogen and oxygen atoms in total. The van der Waals surface area contributed by atoms with Gasteiger partial charge >= 0.3 is 0 Å². The molecule has 1 saturated heterocycles.